The molecule has 0 amide bonds. The zero-order valence-electron chi connectivity index (χ0n) is 18.9. The molecule has 0 saturated carbocycles. The van der Waals surface area contributed by atoms with Crippen molar-refractivity contribution < 1.29 is 4.79 Å². The Morgan fingerprint density at radius 2 is 2.13 bits per heavy atom. The first-order chi connectivity index (χ1) is 14.7. The Labute approximate surface area is 189 Å². The van der Waals surface area contributed by atoms with Gasteiger partial charge in [0.2, 0.25) is 0 Å². The van der Waals surface area contributed by atoms with Gasteiger partial charge < -0.3 is 21.4 Å². The molecule has 1 aromatic carbocycles. The van der Waals surface area contributed by atoms with E-state index < -0.39 is 0 Å². The highest BCUT2D eigenvalue weighted by Crippen LogP contribution is 2.41. The number of anilines is 1. The number of thioether (sulfide) groups is 1. The maximum Gasteiger partial charge on any atom is 0.165 e. The van der Waals surface area contributed by atoms with E-state index in [0.717, 1.165) is 52.7 Å². The van der Waals surface area contributed by atoms with Crippen LogP contribution in [0, 0.1) is 12.3 Å². The second-order valence-electron chi connectivity index (χ2n) is 8.72. The van der Waals surface area contributed by atoms with Gasteiger partial charge in [-0.15, -0.1) is 11.8 Å². The van der Waals surface area contributed by atoms with Gasteiger partial charge in [0.15, 0.2) is 5.78 Å². The molecular weight excluding hydrogens is 406 g/mol. The van der Waals surface area contributed by atoms with Crippen LogP contribution in [0.25, 0.3) is 5.69 Å². The minimum Gasteiger partial charge on any atom is -0.397 e. The van der Waals surface area contributed by atoms with Gasteiger partial charge in [0.25, 0.3) is 0 Å². The van der Waals surface area contributed by atoms with E-state index in [4.69, 9.17) is 11.5 Å². The van der Waals surface area contributed by atoms with Crippen LogP contribution in [0.4, 0.5) is 5.69 Å². The van der Waals surface area contributed by atoms with Crippen molar-refractivity contribution in [2.24, 2.45) is 16.1 Å². The third-order valence-corrected chi connectivity index (χ3v) is 6.70. The predicted molar refractivity (Wildman–Crippen MR) is 132 cm³/mol. The van der Waals surface area contributed by atoms with E-state index in [0.29, 0.717) is 23.5 Å². The Kier molecular flexibility index (Phi) is 6.96. The molecule has 0 unspecified atom stereocenters. The monoisotopic (exact) mass is 439 g/mol. The number of aryl methyl sites for hydroxylation is 1. The van der Waals surface area contributed by atoms with Gasteiger partial charge in [-0.3, -0.25) is 4.79 Å². The highest BCUT2D eigenvalue weighted by molar-refractivity contribution is 7.99. The quantitative estimate of drug-likeness (QED) is 0.189. The summed E-state index contributed by atoms with van der Waals surface area (Å²) in [7, 11) is 0. The Morgan fingerprint density at radius 3 is 2.81 bits per heavy atom. The van der Waals surface area contributed by atoms with Crippen molar-refractivity contribution in [3.8, 4) is 5.69 Å². The number of amidine groups is 1. The summed E-state index contributed by atoms with van der Waals surface area (Å²) >= 11 is 1.69. The Hall–Kier alpha value is -2.51. The average molecular weight is 440 g/mol. The molecule has 1 heterocycles. The van der Waals surface area contributed by atoms with Crippen molar-refractivity contribution in [1.29, 1.82) is 0 Å². The number of nitrogens with two attached hydrogens (primary N) is 2. The number of Topliss-reactive ketones (excluding diaryl/α,β-unsaturated/α-hetero) is 1. The van der Waals surface area contributed by atoms with Crippen molar-refractivity contribution in [1.82, 2.24) is 9.88 Å². The number of carbonyl (C=O) groups is 1. The predicted octanol–water partition coefficient (Wildman–Crippen LogP) is 4.07. The van der Waals surface area contributed by atoms with Crippen LogP contribution in [0.3, 0.4) is 0 Å². The molecule has 0 fully saturated rings. The zero-order chi connectivity index (χ0) is 22.8. The molecule has 166 valence electrons. The summed E-state index contributed by atoms with van der Waals surface area (Å²) < 4.78 is 2.15. The molecule has 0 spiro atoms. The van der Waals surface area contributed by atoms with Crippen LogP contribution >= 0.6 is 11.8 Å². The molecule has 0 saturated heterocycles. The number of rotatable bonds is 8. The molecule has 1 aromatic heterocycles. The van der Waals surface area contributed by atoms with E-state index in [-0.39, 0.29) is 11.2 Å². The number of hydrogen-bond acceptors (Lipinski definition) is 5. The number of nitrogens with zero attached hydrogens (tertiary/aromatic N) is 2. The first-order valence-corrected chi connectivity index (χ1v) is 11.6. The lowest BCUT2D eigenvalue weighted by atomic mass is 9.75. The first kappa shape index (κ1) is 23.2. The largest absolute Gasteiger partial charge is 0.397 e. The molecule has 3 rings (SSSR count). The third-order valence-electron chi connectivity index (χ3n) is 5.58. The van der Waals surface area contributed by atoms with E-state index in [1.165, 1.54) is 6.20 Å². The first-order valence-electron chi connectivity index (χ1n) is 10.6. The minimum absolute atomic E-state index is 0.0719. The molecular formula is C24H33N5OS. The second-order valence-corrected chi connectivity index (χ2v) is 9.82. The molecule has 5 N–H and O–H groups in total. The second kappa shape index (κ2) is 9.32. The van der Waals surface area contributed by atoms with Gasteiger partial charge in [0.05, 0.1) is 16.3 Å². The van der Waals surface area contributed by atoms with Gasteiger partial charge in [0.1, 0.15) is 5.84 Å². The van der Waals surface area contributed by atoms with E-state index >= 15 is 0 Å². The molecule has 6 nitrogen and oxygen atoms in total. The molecule has 31 heavy (non-hydrogen) atoms. The number of aromatic nitrogens is 1. The molecule has 0 radical (unpaired) electrons. The van der Waals surface area contributed by atoms with Gasteiger partial charge in [-0.1, -0.05) is 27.4 Å². The summed E-state index contributed by atoms with van der Waals surface area (Å²) in [5, 5.41) is 3.35. The number of fused-ring (bicyclic) bond motifs is 1. The highest BCUT2D eigenvalue weighted by atomic mass is 32.2. The molecule has 0 aliphatic heterocycles. The van der Waals surface area contributed by atoms with Crippen molar-refractivity contribution in [3.63, 3.8) is 0 Å². The zero-order valence-corrected chi connectivity index (χ0v) is 19.7. The fourth-order valence-electron chi connectivity index (χ4n) is 4.22. The normalized spacial score (nSPS) is 15.7. The number of benzene rings is 1. The molecule has 0 bridgehead atoms. The van der Waals surface area contributed by atoms with Gasteiger partial charge in [-0.05, 0) is 43.0 Å². The lowest BCUT2D eigenvalue weighted by Crippen LogP contribution is -2.28. The van der Waals surface area contributed by atoms with Crippen LogP contribution in [-0.4, -0.2) is 35.0 Å². The van der Waals surface area contributed by atoms with Crippen LogP contribution in [0.1, 0.15) is 54.4 Å². The van der Waals surface area contributed by atoms with Crippen molar-refractivity contribution in [3.05, 3.63) is 53.5 Å². The molecule has 0 atom stereocenters. The Morgan fingerprint density at radius 1 is 1.39 bits per heavy atom. The summed E-state index contributed by atoms with van der Waals surface area (Å²) in [6, 6.07) is 3.93. The van der Waals surface area contributed by atoms with E-state index in [9.17, 15) is 4.79 Å². The maximum atomic E-state index is 12.9. The highest BCUT2D eigenvalue weighted by Gasteiger charge is 2.35. The van der Waals surface area contributed by atoms with Crippen molar-refractivity contribution in [2.75, 3.05) is 24.6 Å². The summed E-state index contributed by atoms with van der Waals surface area (Å²) in [4.78, 5) is 18.0. The molecule has 7 heteroatoms. The van der Waals surface area contributed by atoms with Gasteiger partial charge in [-0.25, -0.2) is 4.99 Å². The number of hydrogen-bond donors (Lipinski definition) is 3. The number of aliphatic imine (C=N–C) groups is 1. The SMILES string of the molecule is C=C/N=C(/N)c1ccc(-n2cc(C)c3c2CC(C)(C)CC3=O)c(SCCNCC)c1N. The van der Waals surface area contributed by atoms with Gasteiger partial charge in [0, 0.05) is 47.9 Å². The lowest BCUT2D eigenvalue weighted by molar-refractivity contribution is 0.0910. The summed E-state index contributed by atoms with van der Waals surface area (Å²) in [5.74, 6) is 1.42. The summed E-state index contributed by atoms with van der Waals surface area (Å²) in [5.41, 5.74) is 17.9. The van der Waals surface area contributed by atoms with Crippen LogP contribution in [0.15, 0.2) is 41.0 Å². The van der Waals surface area contributed by atoms with Crippen LogP contribution in [-0.2, 0) is 6.42 Å². The fraction of sp³-hybridized carbons (Fsp3) is 0.417. The lowest BCUT2D eigenvalue weighted by Gasteiger charge is -2.30. The third kappa shape index (κ3) is 4.72. The minimum atomic E-state index is -0.0719. The Balaban J connectivity index is 2.16. The summed E-state index contributed by atoms with van der Waals surface area (Å²) in [6.07, 6.45) is 4.89. The molecule has 2 aromatic rings. The average Bonchev–Trinajstić information content (AvgIpc) is 3.01. The fourth-order valence-corrected chi connectivity index (χ4v) is 5.25. The molecule has 1 aliphatic rings. The van der Waals surface area contributed by atoms with Crippen LogP contribution in [0.5, 0.6) is 0 Å². The van der Waals surface area contributed by atoms with Crippen molar-refractivity contribution in [2.45, 2.75) is 45.4 Å². The standard InChI is InChI=1S/C24H33N5OS/c1-6-27-10-11-31-22-17(9-8-16(21(22)25)23(26)28-7-2)29-14-15(3)20-18(29)12-24(4,5)13-19(20)30/h7-9,14,27H,2,6,10-13,25H2,1,3-5H3,(H2,26,28). The van der Waals surface area contributed by atoms with E-state index in [1.54, 1.807) is 11.8 Å². The van der Waals surface area contributed by atoms with E-state index in [2.05, 4.69) is 48.4 Å². The van der Waals surface area contributed by atoms with Crippen LogP contribution in [0.2, 0.25) is 0 Å². The number of ketones is 1. The van der Waals surface area contributed by atoms with Crippen LogP contribution < -0.4 is 16.8 Å². The Bertz CT molecular complexity index is 1040. The van der Waals surface area contributed by atoms with Crippen molar-refractivity contribution >= 4 is 29.1 Å². The van der Waals surface area contributed by atoms with Gasteiger partial charge >= 0.3 is 0 Å². The smallest absolute Gasteiger partial charge is 0.165 e. The van der Waals surface area contributed by atoms with Gasteiger partial charge in [-0.2, -0.15) is 0 Å². The number of nitrogen functional groups attached to an aromatic ring is 1. The molecule has 1 aliphatic carbocycles. The van der Waals surface area contributed by atoms with E-state index in [1.807, 2.05) is 19.1 Å². The summed E-state index contributed by atoms with van der Waals surface area (Å²) in [6.45, 7) is 13.8. The number of carbonyl (C=O) groups excluding carboxylic acids is 1. The number of nitrogens with one attached hydrogen (secondary N) is 1. The maximum absolute atomic E-state index is 12.9. The topological polar surface area (TPSA) is 98.4 Å².